The first-order valence-corrected chi connectivity index (χ1v) is 6.13. The highest BCUT2D eigenvalue weighted by Crippen LogP contribution is 2.37. The van der Waals surface area contributed by atoms with E-state index < -0.39 is 0 Å². The van der Waals surface area contributed by atoms with Crippen LogP contribution in [0.1, 0.15) is 25.7 Å². The van der Waals surface area contributed by atoms with Gasteiger partial charge in [0.1, 0.15) is 11.6 Å². The number of hydrogen-bond donors (Lipinski definition) is 2. The predicted molar refractivity (Wildman–Crippen MR) is 67.3 cm³/mol. The molecule has 1 aliphatic carbocycles. The van der Waals surface area contributed by atoms with Crippen LogP contribution in [0.2, 0.25) is 0 Å². The molecule has 1 fully saturated rings. The highest BCUT2D eigenvalue weighted by atomic mass is 16.5. The lowest BCUT2D eigenvalue weighted by atomic mass is 9.87. The van der Waals surface area contributed by atoms with Crippen LogP contribution in [0, 0.1) is 5.41 Å². The minimum Gasteiger partial charge on any atom is -0.495 e. The summed E-state index contributed by atoms with van der Waals surface area (Å²) in [4.78, 5) is 4.26. The molecule has 0 saturated heterocycles. The molecule has 2 rings (SSSR count). The third-order valence-electron chi connectivity index (χ3n) is 3.62. The van der Waals surface area contributed by atoms with Gasteiger partial charge in [0.05, 0.1) is 19.9 Å². The summed E-state index contributed by atoms with van der Waals surface area (Å²) in [6, 6.07) is 3.79. The fourth-order valence-electron chi connectivity index (χ4n) is 2.40. The van der Waals surface area contributed by atoms with Crippen molar-refractivity contribution in [3.8, 4) is 5.75 Å². The van der Waals surface area contributed by atoms with Gasteiger partial charge in [0, 0.05) is 12.0 Å². The van der Waals surface area contributed by atoms with Crippen molar-refractivity contribution in [1.29, 1.82) is 0 Å². The normalized spacial score (nSPS) is 18.0. The first-order valence-electron chi connectivity index (χ1n) is 6.13. The summed E-state index contributed by atoms with van der Waals surface area (Å²) >= 11 is 0. The Morgan fingerprint density at radius 3 is 2.71 bits per heavy atom. The third kappa shape index (κ3) is 2.88. The van der Waals surface area contributed by atoms with Crippen molar-refractivity contribution in [2.45, 2.75) is 25.7 Å². The molecule has 1 saturated carbocycles. The quantitative estimate of drug-likeness (QED) is 0.821. The van der Waals surface area contributed by atoms with E-state index in [0.717, 1.165) is 31.0 Å². The van der Waals surface area contributed by atoms with Crippen molar-refractivity contribution < 1.29 is 9.84 Å². The molecule has 0 radical (unpaired) electrons. The van der Waals surface area contributed by atoms with Gasteiger partial charge in [-0.25, -0.2) is 4.98 Å². The molecule has 4 nitrogen and oxygen atoms in total. The Kier molecular flexibility index (Phi) is 3.84. The number of methoxy groups -OCH3 is 1. The Balaban J connectivity index is 1.92. The van der Waals surface area contributed by atoms with Crippen LogP contribution in [0.3, 0.4) is 0 Å². The number of pyridine rings is 1. The first kappa shape index (κ1) is 12.2. The molecule has 0 bridgehead atoms. The lowest BCUT2D eigenvalue weighted by Crippen LogP contribution is -2.30. The van der Waals surface area contributed by atoms with Crippen LogP contribution >= 0.6 is 0 Å². The van der Waals surface area contributed by atoms with Crippen LogP contribution in [0.5, 0.6) is 5.75 Å². The smallest absolute Gasteiger partial charge is 0.137 e. The second-order valence-corrected chi connectivity index (χ2v) is 4.80. The maximum absolute atomic E-state index is 9.50. The number of ether oxygens (including phenoxy) is 1. The van der Waals surface area contributed by atoms with Crippen molar-refractivity contribution >= 4 is 5.82 Å². The van der Waals surface area contributed by atoms with Gasteiger partial charge in [0.25, 0.3) is 0 Å². The van der Waals surface area contributed by atoms with Crippen molar-refractivity contribution in [3.63, 3.8) is 0 Å². The van der Waals surface area contributed by atoms with Gasteiger partial charge in [-0.15, -0.1) is 0 Å². The Labute approximate surface area is 102 Å². The number of hydrogen-bond acceptors (Lipinski definition) is 4. The minimum atomic E-state index is 0.0572. The van der Waals surface area contributed by atoms with Gasteiger partial charge in [-0.1, -0.05) is 12.8 Å². The number of nitrogens with zero attached hydrogens (tertiary/aromatic N) is 1. The van der Waals surface area contributed by atoms with E-state index >= 15 is 0 Å². The van der Waals surface area contributed by atoms with Gasteiger partial charge < -0.3 is 15.2 Å². The topological polar surface area (TPSA) is 54.4 Å². The number of anilines is 1. The van der Waals surface area contributed by atoms with Gasteiger partial charge in [0.15, 0.2) is 0 Å². The second kappa shape index (κ2) is 5.36. The molecule has 0 spiro atoms. The zero-order valence-corrected chi connectivity index (χ0v) is 10.3. The van der Waals surface area contributed by atoms with Crippen molar-refractivity contribution in [2.24, 2.45) is 5.41 Å². The largest absolute Gasteiger partial charge is 0.495 e. The van der Waals surface area contributed by atoms with Gasteiger partial charge in [-0.05, 0) is 25.0 Å². The fourth-order valence-corrected chi connectivity index (χ4v) is 2.40. The lowest BCUT2D eigenvalue weighted by molar-refractivity contribution is 0.142. The zero-order valence-electron chi connectivity index (χ0n) is 10.3. The van der Waals surface area contributed by atoms with Gasteiger partial charge in [-0.3, -0.25) is 0 Å². The van der Waals surface area contributed by atoms with E-state index in [1.807, 2.05) is 12.1 Å². The summed E-state index contributed by atoms with van der Waals surface area (Å²) in [6.45, 7) is 1.05. The number of aromatic nitrogens is 1. The van der Waals surface area contributed by atoms with E-state index in [9.17, 15) is 5.11 Å². The lowest BCUT2D eigenvalue weighted by Gasteiger charge is -2.26. The SMILES string of the molecule is COc1ccc(NCC2(CO)CCCC2)nc1. The van der Waals surface area contributed by atoms with Crippen LogP contribution < -0.4 is 10.1 Å². The standard InChI is InChI=1S/C13H20N2O2/c1-17-11-4-5-12(14-8-11)15-9-13(10-16)6-2-3-7-13/h4-5,8,16H,2-3,6-7,9-10H2,1H3,(H,14,15). The molecule has 0 aliphatic heterocycles. The van der Waals surface area contributed by atoms with Crippen molar-refractivity contribution in [1.82, 2.24) is 4.98 Å². The van der Waals surface area contributed by atoms with E-state index in [-0.39, 0.29) is 12.0 Å². The summed E-state index contributed by atoms with van der Waals surface area (Å²) in [6.07, 6.45) is 6.35. The molecule has 0 atom stereocenters. The Morgan fingerprint density at radius 2 is 2.18 bits per heavy atom. The first-order chi connectivity index (χ1) is 8.28. The van der Waals surface area contributed by atoms with Crippen LogP contribution in [-0.2, 0) is 0 Å². The van der Waals surface area contributed by atoms with E-state index in [2.05, 4.69) is 10.3 Å². The molecular weight excluding hydrogens is 216 g/mol. The third-order valence-corrected chi connectivity index (χ3v) is 3.62. The van der Waals surface area contributed by atoms with Crippen LogP contribution in [-0.4, -0.2) is 30.4 Å². The molecule has 0 amide bonds. The number of aliphatic hydroxyl groups excluding tert-OH is 1. The van der Waals surface area contributed by atoms with Crippen molar-refractivity contribution in [3.05, 3.63) is 18.3 Å². The molecule has 0 aromatic carbocycles. The average Bonchev–Trinajstić information content (AvgIpc) is 2.86. The summed E-state index contributed by atoms with van der Waals surface area (Å²) in [7, 11) is 1.63. The molecular formula is C13H20N2O2. The van der Waals surface area contributed by atoms with E-state index in [1.54, 1.807) is 13.3 Å². The molecule has 17 heavy (non-hydrogen) atoms. The molecule has 1 aromatic heterocycles. The molecule has 2 N–H and O–H groups in total. The average molecular weight is 236 g/mol. The predicted octanol–water partition coefficient (Wildman–Crippen LogP) is 2.05. The summed E-state index contributed by atoms with van der Waals surface area (Å²) in [5, 5.41) is 12.8. The molecule has 94 valence electrons. The molecule has 4 heteroatoms. The number of nitrogens with one attached hydrogen (secondary N) is 1. The highest BCUT2D eigenvalue weighted by molar-refractivity contribution is 5.37. The maximum atomic E-state index is 9.50. The second-order valence-electron chi connectivity index (χ2n) is 4.80. The summed E-state index contributed by atoms with van der Waals surface area (Å²) in [5.41, 5.74) is 0.0572. The highest BCUT2D eigenvalue weighted by Gasteiger charge is 2.32. The van der Waals surface area contributed by atoms with Crippen LogP contribution in [0.4, 0.5) is 5.82 Å². The Hall–Kier alpha value is -1.29. The van der Waals surface area contributed by atoms with Gasteiger partial charge >= 0.3 is 0 Å². The zero-order chi connectivity index (χ0) is 12.1. The monoisotopic (exact) mass is 236 g/mol. The Bertz CT molecular complexity index is 345. The minimum absolute atomic E-state index is 0.0572. The maximum Gasteiger partial charge on any atom is 0.137 e. The number of rotatable bonds is 5. The fraction of sp³-hybridized carbons (Fsp3) is 0.615. The van der Waals surface area contributed by atoms with Gasteiger partial charge in [0.2, 0.25) is 0 Å². The number of aliphatic hydroxyl groups is 1. The molecule has 1 aromatic rings. The van der Waals surface area contributed by atoms with Gasteiger partial charge in [-0.2, -0.15) is 0 Å². The summed E-state index contributed by atoms with van der Waals surface area (Å²) < 4.78 is 5.06. The Morgan fingerprint density at radius 1 is 1.41 bits per heavy atom. The van der Waals surface area contributed by atoms with Crippen LogP contribution in [0.15, 0.2) is 18.3 Å². The van der Waals surface area contributed by atoms with E-state index in [0.29, 0.717) is 0 Å². The van der Waals surface area contributed by atoms with Crippen molar-refractivity contribution in [2.75, 3.05) is 25.6 Å². The van der Waals surface area contributed by atoms with E-state index in [4.69, 9.17) is 4.74 Å². The van der Waals surface area contributed by atoms with E-state index in [1.165, 1.54) is 12.8 Å². The molecule has 1 heterocycles. The summed E-state index contributed by atoms with van der Waals surface area (Å²) in [5.74, 6) is 1.60. The van der Waals surface area contributed by atoms with Crippen LogP contribution in [0.25, 0.3) is 0 Å². The molecule has 0 unspecified atom stereocenters. The molecule has 1 aliphatic rings.